The zero-order chi connectivity index (χ0) is 22.7. The number of nitro groups is 1. The highest BCUT2D eigenvalue weighted by atomic mass is 32.2. The van der Waals surface area contributed by atoms with Gasteiger partial charge in [-0.15, -0.1) is 0 Å². The summed E-state index contributed by atoms with van der Waals surface area (Å²) in [6, 6.07) is 22.4. The first-order chi connectivity index (χ1) is 15.4. The van der Waals surface area contributed by atoms with Crippen molar-refractivity contribution in [3.63, 3.8) is 0 Å². The Labute approximate surface area is 199 Å². The number of aryl methyl sites for hydroxylation is 1. The van der Waals surface area contributed by atoms with Crippen molar-refractivity contribution in [1.29, 1.82) is 0 Å². The monoisotopic (exact) mass is 478 g/mol. The van der Waals surface area contributed by atoms with Crippen LogP contribution in [0.5, 0.6) is 0 Å². The topological polar surface area (TPSA) is 63.5 Å². The second-order valence-corrected chi connectivity index (χ2v) is 9.94. The fourth-order valence-electron chi connectivity index (χ4n) is 3.13. The predicted octanol–water partition coefficient (Wildman–Crippen LogP) is 6.46. The number of rotatable bonds is 6. The van der Waals surface area contributed by atoms with E-state index in [4.69, 9.17) is 12.2 Å². The number of benzene rings is 3. The summed E-state index contributed by atoms with van der Waals surface area (Å²) in [5, 5.41) is 11.3. The van der Waals surface area contributed by atoms with Crippen molar-refractivity contribution in [2.24, 2.45) is 0 Å². The van der Waals surface area contributed by atoms with Gasteiger partial charge in [-0.3, -0.25) is 19.8 Å². The molecule has 1 fully saturated rings. The van der Waals surface area contributed by atoms with Crippen LogP contribution in [0.3, 0.4) is 0 Å². The number of thioether (sulfide) groups is 1. The Morgan fingerprint density at radius 1 is 1.09 bits per heavy atom. The van der Waals surface area contributed by atoms with Crippen molar-refractivity contribution in [3.05, 3.63) is 105 Å². The van der Waals surface area contributed by atoms with Crippen molar-refractivity contribution in [2.75, 3.05) is 0 Å². The van der Waals surface area contributed by atoms with Crippen LogP contribution in [-0.4, -0.2) is 20.1 Å². The molecule has 160 valence electrons. The third-order valence-electron chi connectivity index (χ3n) is 4.80. The molecular weight excluding hydrogens is 460 g/mol. The van der Waals surface area contributed by atoms with E-state index in [0.29, 0.717) is 21.3 Å². The Morgan fingerprint density at radius 2 is 1.81 bits per heavy atom. The molecule has 0 aromatic heterocycles. The summed E-state index contributed by atoms with van der Waals surface area (Å²) < 4.78 is 0.475. The molecule has 0 bridgehead atoms. The van der Waals surface area contributed by atoms with E-state index in [0.717, 1.165) is 20.9 Å². The molecule has 0 spiro atoms. The Morgan fingerprint density at radius 3 is 2.50 bits per heavy atom. The van der Waals surface area contributed by atoms with Gasteiger partial charge < -0.3 is 0 Å². The first-order valence-electron chi connectivity index (χ1n) is 9.73. The average Bonchev–Trinajstić information content (AvgIpc) is 3.04. The van der Waals surface area contributed by atoms with E-state index in [2.05, 4.69) is 0 Å². The van der Waals surface area contributed by atoms with Gasteiger partial charge in [0.25, 0.3) is 11.6 Å². The van der Waals surface area contributed by atoms with Crippen molar-refractivity contribution in [3.8, 4) is 0 Å². The maximum absolute atomic E-state index is 13.1. The van der Waals surface area contributed by atoms with Gasteiger partial charge in [-0.25, -0.2) is 0 Å². The van der Waals surface area contributed by atoms with E-state index in [1.54, 1.807) is 17.0 Å². The van der Waals surface area contributed by atoms with E-state index in [-0.39, 0.29) is 11.6 Å². The number of carbonyl (C=O) groups excluding carboxylic acids is 1. The van der Waals surface area contributed by atoms with Gasteiger partial charge in [-0.1, -0.05) is 83.8 Å². The van der Waals surface area contributed by atoms with Crippen LogP contribution in [0, 0.1) is 17.0 Å². The number of hydrogen-bond acceptors (Lipinski definition) is 6. The van der Waals surface area contributed by atoms with E-state index in [9.17, 15) is 14.9 Å². The van der Waals surface area contributed by atoms with Gasteiger partial charge in [-0.05, 0) is 42.3 Å². The zero-order valence-corrected chi connectivity index (χ0v) is 19.5. The molecule has 32 heavy (non-hydrogen) atoms. The minimum absolute atomic E-state index is 0.0238. The summed E-state index contributed by atoms with van der Waals surface area (Å²) in [6.07, 6.45) is 1.70. The molecule has 0 saturated carbocycles. The van der Waals surface area contributed by atoms with Gasteiger partial charge in [0.2, 0.25) is 0 Å². The molecular formula is C24H18N2O3S3. The lowest BCUT2D eigenvalue weighted by Gasteiger charge is -2.14. The molecule has 0 atom stereocenters. The molecule has 5 nitrogen and oxygen atoms in total. The number of non-ortho nitro benzene ring substituents is 1. The highest BCUT2D eigenvalue weighted by Gasteiger charge is 2.32. The van der Waals surface area contributed by atoms with E-state index >= 15 is 0 Å². The fraction of sp³-hybridized carbons (Fsp3) is 0.0833. The average molecular weight is 479 g/mol. The van der Waals surface area contributed by atoms with Crippen molar-refractivity contribution >= 4 is 57.7 Å². The van der Waals surface area contributed by atoms with Crippen LogP contribution in [0.25, 0.3) is 6.08 Å². The SMILES string of the molecule is Cc1ccc(Sc2ccc([N+](=O)[O-])cc2/C=C2\SC(=S)N(Cc3ccccc3)C2=O)cc1. The first kappa shape index (κ1) is 22.3. The second kappa shape index (κ2) is 9.68. The molecule has 3 aromatic carbocycles. The third kappa shape index (κ3) is 5.09. The minimum Gasteiger partial charge on any atom is -0.288 e. The summed E-state index contributed by atoms with van der Waals surface area (Å²) in [5.74, 6) is -0.193. The fourth-order valence-corrected chi connectivity index (χ4v) is 5.28. The van der Waals surface area contributed by atoms with Crippen LogP contribution < -0.4 is 0 Å². The number of amides is 1. The van der Waals surface area contributed by atoms with E-state index in [1.165, 1.54) is 35.7 Å². The first-order valence-corrected chi connectivity index (χ1v) is 11.8. The molecule has 1 aliphatic heterocycles. The highest BCUT2D eigenvalue weighted by molar-refractivity contribution is 8.26. The van der Waals surface area contributed by atoms with Crippen molar-refractivity contribution in [1.82, 2.24) is 4.90 Å². The molecule has 1 amide bonds. The Kier molecular flexibility index (Phi) is 6.74. The summed E-state index contributed by atoms with van der Waals surface area (Å²) >= 11 is 8.16. The van der Waals surface area contributed by atoms with Gasteiger partial charge in [0, 0.05) is 21.9 Å². The molecule has 0 N–H and O–H groups in total. The standard InChI is InChI=1S/C24H18N2O3S3/c1-16-7-10-20(11-8-16)31-21-12-9-19(26(28)29)13-18(21)14-22-23(27)25(24(30)32-22)15-17-5-3-2-4-6-17/h2-14H,15H2,1H3/b22-14-. The Hall–Kier alpha value is -2.94. The van der Waals surface area contributed by atoms with Gasteiger partial charge in [0.05, 0.1) is 16.4 Å². The van der Waals surface area contributed by atoms with Crippen LogP contribution >= 0.6 is 35.7 Å². The number of thiocarbonyl (C=S) groups is 1. The summed E-state index contributed by atoms with van der Waals surface area (Å²) in [6.45, 7) is 2.41. The molecule has 0 radical (unpaired) electrons. The molecule has 8 heteroatoms. The van der Waals surface area contributed by atoms with Gasteiger partial charge in [-0.2, -0.15) is 0 Å². The van der Waals surface area contributed by atoms with E-state index < -0.39 is 4.92 Å². The van der Waals surface area contributed by atoms with Crippen LogP contribution in [0.15, 0.2) is 87.5 Å². The van der Waals surface area contributed by atoms with Gasteiger partial charge in [0.15, 0.2) is 0 Å². The van der Waals surface area contributed by atoms with Crippen LogP contribution in [0.1, 0.15) is 16.7 Å². The van der Waals surface area contributed by atoms with Crippen molar-refractivity contribution in [2.45, 2.75) is 23.3 Å². The largest absolute Gasteiger partial charge is 0.288 e. The second-order valence-electron chi connectivity index (χ2n) is 7.15. The predicted molar refractivity (Wildman–Crippen MR) is 134 cm³/mol. The highest BCUT2D eigenvalue weighted by Crippen LogP contribution is 2.38. The lowest BCUT2D eigenvalue weighted by Crippen LogP contribution is -2.27. The van der Waals surface area contributed by atoms with Crippen LogP contribution in [-0.2, 0) is 11.3 Å². The maximum Gasteiger partial charge on any atom is 0.270 e. The van der Waals surface area contributed by atoms with E-state index in [1.807, 2.05) is 61.5 Å². The minimum atomic E-state index is -0.432. The normalized spacial score (nSPS) is 14.9. The number of nitro benzene ring substituents is 1. The molecule has 1 aliphatic rings. The zero-order valence-electron chi connectivity index (χ0n) is 17.1. The summed E-state index contributed by atoms with van der Waals surface area (Å²) in [5.41, 5.74) is 2.73. The lowest BCUT2D eigenvalue weighted by atomic mass is 10.1. The van der Waals surface area contributed by atoms with Gasteiger partial charge >= 0.3 is 0 Å². The lowest BCUT2D eigenvalue weighted by molar-refractivity contribution is -0.384. The number of carbonyl (C=O) groups is 1. The molecule has 1 saturated heterocycles. The van der Waals surface area contributed by atoms with Gasteiger partial charge in [0.1, 0.15) is 4.32 Å². The Balaban J connectivity index is 1.66. The molecule has 3 aromatic rings. The smallest absolute Gasteiger partial charge is 0.270 e. The summed E-state index contributed by atoms with van der Waals surface area (Å²) in [7, 11) is 0. The number of nitrogens with zero attached hydrogens (tertiary/aromatic N) is 2. The molecule has 4 rings (SSSR count). The van der Waals surface area contributed by atoms with Crippen molar-refractivity contribution < 1.29 is 9.72 Å². The number of hydrogen-bond donors (Lipinski definition) is 0. The quantitative estimate of drug-likeness (QED) is 0.175. The Bertz CT molecular complexity index is 1220. The van der Waals surface area contributed by atoms with Crippen LogP contribution in [0.2, 0.25) is 0 Å². The van der Waals surface area contributed by atoms with Crippen LogP contribution in [0.4, 0.5) is 5.69 Å². The summed E-state index contributed by atoms with van der Waals surface area (Å²) in [4.78, 5) is 27.8. The maximum atomic E-state index is 13.1. The molecule has 0 aliphatic carbocycles. The molecule has 0 unspecified atom stereocenters. The third-order valence-corrected chi connectivity index (χ3v) is 7.27. The molecule has 1 heterocycles.